The zero-order valence-electron chi connectivity index (χ0n) is 12.1. The molecule has 0 fully saturated rings. The van der Waals surface area contributed by atoms with Crippen LogP contribution in [0.1, 0.15) is 50.2 Å². The molecule has 2 N–H and O–H groups in total. The fraction of sp³-hybridized carbons (Fsp3) is 0.471. The summed E-state index contributed by atoms with van der Waals surface area (Å²) in [6.45, 7) is 2.22. The second-order valence-corrected chi connectivity index (χ2v) is 7.85. The molecule has 3 rings (SSSR count). The van der Waals surface area contributed by atoms with E-state index in [0.29, 0.717) is 6.42 Å². The monoisotopic (exact) mass is 411 g/mol. The van der Waals surface area contributed by atoms with Crippen molar-refractivity contribution in [3.63, 3.8) is 0 Å². The van der Waals surface area contributed by atoms with Crippen LogP contribution in [0.4, 0.5) is 5.69 Å². The van der Waals surface area contributed by atoms with Crippen molar-refractivity contribution in [2.75, 3.05) is 5.73 Å². The van der Waals surface area contributed by atoms with Crippen LogP contribution in [0.25, 0.3) is 5.57 Å². The van der Waals surface area contributed by atoms with Crippen molar-refractivity contribution in [1.82, 2.24) is 0 Å². The van der Waals surface area contributed by atoms with E-state index >= 15 is 0 Å². The molecule has 0 spiro atoms. The number of nitrogen functional groups attached to an aromatic ring is 1. The Balaban J connectivity index is 2.18. The quantitative estimate of drug-likeness (QED) is 0.690. The van der Waals surface area contributed by atoms with Crippen LogP contribution in [0.2, 0.25) is 0 Å². The lowest BCUT2D eigenvalue weighted by Crippen LogP contribution is -2.27. The first-order valence-corrected chi connectivity index (χ1v) is 9.09. The van der Waals surface area contributed by atoms with Crippen molar-refractivity contribution >= 4 is 48.9 Å². The van der Waals surface area contributed by atoms with Gasteiger partial charge in [0.05, 0.1) is 4.48 Å². The summed E-state index contributed by atoms with van der Waals surface area (Å²) < 4.78 is 1.71. The smallest absolute Gasteiger partial charge is 0.170 e. The predicted molar refractivity (Wildman–Crippen MR) is 94.3 cm³/mol. The minimum absolute atomic E-state index is 0.123. The first kappa shape index (κ1) is 15.3. The Labute approximate surface area is 142 Å². The van der Waals surface area contributed by atoms with Gasteiger partial charge in [-0.2, -0.15) is 0 Å². The highest BCUT2D eigenvalue weighted by Crippen LogP contribution is 2.58. The second kappa shape index (κ2) is 5.54. The van der Waals surface area contributed by atoms with E-state index in [2.05, 4.69) is 50.9 Å². The molecular weight excluding hydrogens is 394 g/mol. The van der Waals surface area contributed by atoms with Crippen LogP contribution in [-0.4, -0.2) is 5.78 Å². The summed E-state index contributed by atoms with van der Waals surface area (Å²) in [7, 11) is 0. The summed E-state index contributed by atoms with van der Waals surface area (Å²) >= 11 is 7.11. The number of allylic oxidation sites excluding steroid dienone is 2. The zero-order chi connectivity index (χ0) is 15.2. The van der Waals surface area contributed by atoms with Gasteiger partial charge >= 0.3 is 0 Å². The molecule has 2 aliphatic carbocycles. The van der Waals surface area contributed by atoms with Crippen molar-refractivity contribution in [1.29, 1.82) is 0 Å². The fourth-order valence-electron chi connectivity index (χ4n) is 3.77. The van der Waals surface area contributed by atoms with E-state index in [1.165, 1.54) is 29.5 Å². The minimum Gasteiger partial charge on any atom is -0.398 e. The van der Waals surface area contributed by atoms with E-state index in [9.17, 15) is 4.79 Å². The third-order valence-corrected chi connectivity index (χ3v) is 6.38. The van der Waals surface area contributed by atoms with Gasteiger partial charge in [0.1, 0.15) is 0 Å². The summed E-state index contributed by atoms with van der Waals surface area (Å²) in [5.74, 6) is 0.234. The molecule has 0 bridgehead atoms. The number of rotatable bonds is 3. The van der Waals surface area contributed by atoms with E-state index in [4.69, 9.17) is 5.73 Å². The highest BCUT2D eigenvalue weighted by Gasteiger charge is 2.46. The second-order valence-electron chi connectivity index (χ2n) is 6.20. The summed E-state index contributed by atoms with van der Waals surface area (Å²) in [4.78, 5) is 12.2. The van der Waals surface area contributed by atoms with Gasteiger partial charge in [0.25, 0.3) is 0 Å². The molecule has 4 heteroatoms. The first-order valence-electron chi connectivity index (χ1n) is 7.50. The average Bonchev–Trinajstić information content (AvgIpc) is 2.76. The molecule has 1 aromatic rings. The lowest BCUT2D eigenvalue weighted by Gasteiger charge is -2.35. The van der Waals surface area contributed by atoms with Crippen molar-refractivity contribution < 1.29 is 4.79 Å². The maximum atomic E-state index is 12.2. The minimum atomic E-state index is 0.123. The molecule has 1 atom stereocenters. The van der Waals surface area contributed by atoms with E-state index < -0.39 is 0 Å². The Hall–Kier alpha value is -0.610. The third kappa shape index (κ3) is 2.40. The number of fused-ring (bicyclic) bond motifs is 3. The lowest BCUT2D eigenvalue weighted by atomic mass is 9.69. The van der Waals surface area contributed by atoms with Gasteiger partial charge in [0.15, 0.2) is 5.78 Å². The van der Waals surface area contributed by atoms with E-state index in [-0.39, 0.29) is 11.2 Å². The van der Waals surface area contributed by atoms with Crippen LogP contribution in [0.15, 0.2) is 21.1 Å². The number of benzene rings is 1. The Morgan fingerprint density at radius 1 is 1.33 bits per heavy atom. The number of hydrogen-bond donors (Lipinski definition) is 1. The number of anilines is 1. The van der Waals surface area contributed by atoms with Gasteiger partial charge in [-0.05, 0) is 80.0 Å². The van der Waals surface area contributed by atoms with Gasteiger partial charge in [-0.1, -0.05) is 19.8 Å². The molecule has 0 aliphatic heterocycles. The molecule has 0 heterocycles. The van der Waals surface area contributed by atoms with Gasteiger partial charge in [-0.15, -0.1) is 0 Å². The summed E-state index contributed by atoms with van der Waals surface area (Å²) in [6.07, 6.45) is 6.15. The summed E-state index contributed by atoms with van der Waals surface area (Å²) in [6, 6.07) is 4.16. The Bertz CT molecular complexity index is 650. The molecule has 21 heavy (non-hydrogen) atoms. The lowest BCUT2D eigenvalue weighted by molar-refractivity contribution is -0.115. The fourth-order valence-corrected chi connectivity index (χ4v) is 4.95. The number of halogens is 2. The third-order valence-electron chi connectivity index (χ3n) is 4.85. The van der Waals surface area contributed by atoms with Crippen LogP contribution in [0, 0.1) is 5.41 Å². The molecule has 0 saturated heterocycles. The summed E-state index contributed by atoms with van der Waals surface area (Å²) in [5.41, 5.74) is 10.7. The zero-order valence-corrected chi connectivity index (χ0v) is 15.3. The number of ketones is 1. The molecule has 0 radical (unpaired) electrons. The van der Waals surface area contributed by atoms with Gasteiger partial charge in [0, 0.05) is 22.0 Å². The Kier molecular flexibility index (Phi) is 4.04. The number of unbranched alkanes of at least 4 members (excludes halogenated alkanes) is 1. The van der Waals surface area contributed by atoms with E-state index in [1.807, 2.05) is 0 Å². The molecule has 112 valence electrons. The molecule has 2 aliphatic rings. The molecule has 1 aromatic carbocycles. The summed E-state index contributed by atoms with van der Waals surface area (Å²) in [5, 5.41) is 0. The number of carbonyl (C=O) groups is 1. The maximum Gasteiger partial charge on any atom is 0.170 e. The SMILES string of the molecule is CCCCC12CCC(=O)C(Br)=C1c1cc(Br)c(N)cc1C2. The normalized spacial score (nSPS) is 24.2. The Morgan fingerprint density at radius 2 is 2.10 bits per heavy atom. The van der Waals surface area contributed by atoms with Gasteiger partial charge < -0.3 is 5.73 Å². The topological polar surface area (TPSA) is 43.1 Å². The van der Waals surface area contributed by atoms with Crippen LogP contribution >= 0.6 is 31.9 Å². The molecule has 0 amide bonds. The van der Waals surface area contributed by atoms with Crippen molar-refractivity contribution in [3.8, 4) is 0 Å². The molecule has 1 unspecified atom stereocenters. The van der Waals surface area contributed by atoms with E-state index in [1.54, 1.807) is 0 Å². The van der Waals surface area contributed by atoms with Crippen LogP contribution < -0.4 is 5.73 Å². The number of nitrogens with two attached hydrogens (primary N) is 1. The van der Waals surface area contributed by atoms with E-state index in [0.717, 1.165) is 33.9 Å². The van der Waals surface area contributed by atoms with Crippen LogP contribution in [0.5, 0.6) is 0 Å². The maximum absolute atomic E-state index is 12.2. The predicted octanol–water partition coefficient (Wildman–Crippen LogP) is 5.23. The van der Waals surface area contributed by atoms with Crippen molar-refractivity contribution in [3.05, 3.63) is 32.2 Å². The molecule has 2 nitrogen and oxygen atoms in total. The van der Waals surface area contributed by atoms with Gasteiger partial charge in [0.2, 0.25) is 0 Å². The standard InChI is InChI=1S/C17H19Br2NO/c1-2-3-5-17-6-4-14(21)16(19)15(17)11-8-12(18)13(20)7-10(11)9-17/h7-8H,2-6,9,20H2,1H3. The van der Waals surface area contributed by atoms with Gasteiger partial charge in [-0.3, -0.25) is 4.79 Å². The number of hydrogen-bond acceptors (Lipinski definition) is 2. The number of carbonyl (C=O) groups excluding carboxylic acids is 1. The molecule has 0 aromatic heterocycles. The molecular formula is C17H19Br2NO. The highest BCUT2D eigenvalue weighted by molar-refractivity contribution is 9.12. The largest absolute Gasteiger partial charge is 0.398 e. The number of Topliss-reactive ketones (excluding diaryl/α,β-unsaturated/α-hetero) is 1. The van der Waals surface area contributed by atoms with Gasteiger partial charge in [-0.25, -0.2) is 0 Å². The molecule has 0 saturated carbocycles. The highest BCUT2D eigenvalue weighted by atomic mass is 79.9. The first-order chi connectivity index (χ1) is 9.98. The van der Waals surface area contributed by atoms with Crippen molar-refractivity contribution in [2.45, 2.75) is 45.4 Å². The van der Waals surface area contributed by atoms with Crippen molar-refractivity contribution in [2.24, 2.45) is 5.41 Å². The Morgan fingerprint density at radius 3 is 2.81 bits per heavy atom. The average molecular weight is 413 g/mol. The van der Waals surface area contributed by atoms with Crippen LogP contribution in [0.3, 0.4) is 0 Å². The van der Waals surface area contributed by atoms with Crippen LogP contribution in [-0.2, 0) is 11.2 Å².